The molecule has 0 saturated heterocycles. The summed E-state index contributed by atoms with van der Waals surface area (Å²) in [6, 6.07) is 10.3. The third-order valence-electron chi connectivity index (χ3n) is 3.15. The highest BCUT2D eigenvalue weighted by Gasteiger charge is 2.28. The topological polar surface area (TPSA) is 12.0 Å². The van der Waals surface area contributed by atoms with Crippen LogP contribution in [-0.2, 0) is 6.42 Å². The van der Waals surface area contributed by atoms with Gasteiger partial charge in [0.05, 0.1) is 0 Å². The Balaban J connectivity index is 1.84. The highest BCUT2D eigenvalue weighted by Crippen LogP contribution is 2.33. The average Bonchev–Trinajstić information content (AvgIpc) is 2.88. The summed E-state index contributed by atoms with van der Waals surface area (Å²) in [7, 11) is 0. The van der Waals surface area contributed by atoms with Crippen molar-refractivity contribution in [2.45, 2.75) is 37.8 Å². The van der Waals surface area contributed by atoms with E-state index in [1.54, 1.807) is 11.1 Å². The normalized spacial score (nSPS) is 26.0. The van der Waals surface area contributed by atoms with Gasteiger partial charge in [-0.1, -0.05) is 24.3 Å². The molecule has 1 N–H and O–H groups in total. The van der Waals surface area contributed by atoms with Crippen molar-refractivity contribution in [1.29, 1.82) is 0 Å². The summed E-state index contributed by atoms with van der Waals surface area (Å²) in [6.07, 6.45) is 5.34. The Labute approximate surface area is 79.2 Å². The number of hydrogen-bond acceptors (Lipinski definition) is 1. The number of nitrogens with one attached hydrogen (secondary N) is 1. The van der Waals surface area contributed by atoms with E-state index in [0.717, 1.165) is 6.04 Å². The Kier molecular flexibility index (Phi) is 1.66. The first-order valence-corrected chi connectivity index (χ1v) is 5.27. The second-order valence-electron chi connectivity index (χ2n) is 4.23. The molecular formula is C12H15N. The lowest BCUT2D eigenvalue weighted by Crippen LogP contribution is -2.21. The van der Waals surface area contributed by atoms with Gasteiger partial charge >= 0.3 is 0 Å². The van der Waals surface area contributed by atoms with E-state index >= 15 is 0 Å². The fourth-order valence-corrected chi connectivity index (χ4v) is 2.26. The van der Waals surface area contributed by atoms with Crippen molar-refractivity contribution in [3.8, 4) is 0 Å². The Morgan fingerprint density at radius 1 is 1.08 bits per heavy atom. The largest absolute Gasteiger partial charge is 0.307 e. The predicted octanol–water partition coefficient (Wildman–Crippen LogP) is 2.43. The molecule has 0 aliphatic heterocycles. The molecular weight excluding hydrogens is 158 g/mol. The molecule has 0 heterocycles. The van der Waals surface area contributed by atoms with Gasteiger partial charge in [0.1, 0.15) is 0 Å². The third kappa shape index (κ3) is 1.37. The standard InChI is InChI=1S/C12H15N/c1-2-4-11-9(3-1)5-8-12(11)13-10-6-7-10/h1-4,10,12-13H,5-8H2/t12-/m1/s1. The fourth-order valence-electron chi connectivity index (χ4n) is 2.26. The van der Waals surface area contributed by atoms with Crippen molar-refractivity contribution >= 4 is 0 Å². The van der Waals surface area contributed by atoms with Crippen LogP contribution in [0, 0.1) is 0 Å². The monoisotopic (exact) mass is 173 g/mol. The highest BCUT2D eigenvalue weighted by atomic mass is 15.0. The van der Waals surface area contributed by atoms with Crippen LogP contribution in [0.1, 0.15) is 36.4 Å². The van der Waals surface area contributed by atoms with Crippen LogP contribution in [0.5, 0.6) is 0 Å². The molecule has 0 aromatic heterocycles. The molecule has 1 heteroatoms. The first-order valence-electron chi connectivity index (χ1n) is 5.27. The van der Waals surface area contributed by atoms with E-state index in [-0.39, 0.29) is 0 Å². The summed E-state index contributed by atoms with van der Waals surface area (Å²) < 4.78 is 0. The fraction of sp³-hybridized carbons (Fsp3) is 0.500. The first kappa shape index (κ1) is 7.57. The summed E-state index contributed by atoms with van der Waals surface area (Å²) in [5.41, 5.74) is 3.11. The number of rotatable bonds is 2. The van der Waals surface area contributed by atoms with Crippen molar-refractivity contribution in [2.75, 3.05) is 0 Å². The highest BCUT2D eigenvalue weighted by molar-refractivity contribution is 5.34. The van der Waals surface area contributed by atoms with Crippen LogP contribution in [0.15, 0.2) is 24.3 Å². The molecule has 3 rings (SSSR count). The molecule has 1 saturated carbocycles. The maximum absolute atomic E-state index is 3.71. The number of aryl methyl sites for hydroxylation is 1. The van der Waals surface area contributed by atoms with Gasteiger partial charge in [0.25, 0.3) is 0 Å². The van der Waals surface area contributed by atoms with Gasteiger partial charge in [0.2, 0.25) is 0 Å². The van der Waals surface area contributed by atoms with Gasteiger partial charge in [0, 0.05) is 12.1 Å². The zero-order valence-electron chi connectivity index (χ0n) is 7.79. The molecule has 2 aliphatic rings. The first-order chi connectivity index (χ1) is 6.43. The van der Waals surface area contributed by atoms with Gasteiger partial charge < -0.3 is 5.32 Å². The van der Waals surface area contributed by atoms with Crippen LogP contribution in [0.25, 0.3) is 0 Å². The van der Waals surface area contributed by atoms with Gasteiger partial charge in [-0.3, -0.25) is 0 Å². The van der Waals surface area contributed by atoms with Gasteiger partial charge in [-0.25, -0.2) is 0 Å². The smallest absolute Gasteiger partial charge is 0.0328 e. The van der Waals surface area contributed by atoms with Crippen LogP contribution in [0.2, 0.25) is 0 Å². The van der Waals surface area contributed by atoms with E-state index in [9.17, 15) is 0 Å². The number of fused-ring (bicyclic) bond motifs is 1. The van der Waals surface area contributed by atoms with Crippen LogP contribution < -0.4 is 5.32 Å². The van der Waals surface area contributed by atoms with Crippen LogP contribution >= 0.6 is 0 Å². The van der Waals surface area contributed by atoms with E-state index in [1.807, 2.05) is 0 Å². The van der Waals surface area contributed by atoms with Crippen molar-refractivity contribution < 1.29 is 0 Å². The number of benzene rings is 1. The summed E-state index contributed by atoms with van der Waals surface area (Å²) >= 11 is 0. The van der Waals surface area contributed by atoms with Gasteiger partial charge in [0.15, 0.2) is 0 Å². The van der Waals surface area contributed by atoms with Crippen molar-refractivity contribution in [3.05, 3.63) is 35.4 Å². The zero-order valence-corrected chi connectivity index (χ0v) is 7.79. The molecule has 1 atom stereocenters. The summed E-state index contributed by atoms with van der Waals surface area (Å²) in [5.74, 6) is 0. The molecule has 13 heavy (non-hydrogen) atoms. The van der Waals surface area contributed by atoms with Gasteiger partial charge in [-0.15, -0.1) is 0 Å². The molecule has 0 radical (unpaired) electrons. The minimum Gasteiger partial charge on any atom is -0.307 e. The quantitative estimate of drug-likeness (QED) is 0.724. The molecule has 1 aromatic carbocycles. The van der Waals surface area contributed by atoms with Crippen molar-refractivity contribution in [1.82, 2.24) is 5.32 Å². The molecule has 1 fully saturated rings. The Morgan fingerprint density at radius 2 is 1.92 bits per heavy atom. The summed E-state index contributed by atoms with van der Waals surface area (Å²) in [5, 5.41) is 3.71. The Hall–Kier alpha value is -0.820. The molecule has 68 valence electrons. The molecule has 0 spiro atoms. The maximum atomic E-state index is 3.71. The van der Waals surface area contributed by atoms with Crippen molar-refractivity contribution in [3.63, 3.8) is 0 Å². The SMILES string of the molecule is c1ccc2c(c1)CC[C@H]2NC1CC1. The number of hydrogen-bond donors (Lipinski definition) is 1. The molecule has 0 unspecified atom stereocenters. The third-order valence-corrected chi connectivity index (χ3v) is 3.15. The summed E-state index contributed by atoms with van der Waals surface area (Å²) in [4.78, 5) is 0. The van der Waals surface area contributed by atoms with Gasteiger partial charge in [-0.05, 0) is 36.8 Å². The molecule has 1 nitrogen and oxygen atoms in total. The lowest BCUT2D eigenvalue weighted by Gasteiger charge is -2.12. The van der Waals surface area contributed by atoms with E-state index in [4.69, 9.17) is 0 Å². The molecule has 1 aromatic rings. The lowest BCUT2D eigenvalue weighted by molar-refractivity contribution is 0.527. The van der Waals surface area contributed by atoms with Crippen molar-refractivity contribution in [2.24, 2.45) is 0 Å². The predicted molar refractivity (Wildman–Crippen MR) is 53.7 cm³/mol. The molecule has 0 bridgehead atoms. The van der Waals surface area contributed by atoms with Gasteiger partial charge in [-0.2, -0.15) is 0 Å². The van der Waals surface area contributed by atoms with E-state index in [1.165, 1.54) is 25.7 Å². The Bertz CT molecular complexity index is 315. The lowest BCUT2D eigenvalue weighted by atomic mass is 10.1. The molecule has 0 amide bonds. The molecule has 2 aliphatic carbocycles. The minimum absolute atomic E-state index is 0.656. The van der Waals surface area contributed by atoms with E-state index < -0.39 is 0 Å². The zero-order chi connectivity index (χ0) is 8.67. The van der Waals surface area contributed by atoms with Crippen LogP contribution in [-0.4, -0.2) is 6.04 Å². The van der Waals surface area contributed by atoms with E-state index in [2.05, 4.69) is 29.6 Å². The average molecular weight is 173 g/mol. The second-order valence-corrected chi connectivity index (χ2v) is 4.23. The minimum atomic E-state index is 0.656. The second kappa shape index (κ2) is 2.85. The Morgan fingerprint density at radius 3 is 2.77 bits per heavy atom. The summed E-state index contributed by atoms with van der Waals surface area (Å²) in [6.45, 7) is 0. The maximum Gasteiger partial charge on any atom is 0.0328 e. The van der Waals surface area contributed by atoms with E-state index in [0.29, 0.717) is 6.04 Å². The van der Waals surface area contributed by atoms with Crippen LogP contribution in [0.3, 0.4) is 0 Å². The van der Waals surface area contributed by atoms with Crippen LogP contribution in [0.4, 0.5) is 0 Å².